The Bertz CT molecular complexity index is 506. The summed E-state index contributed by atoms with van der Waals surface area (Å²) in [5.41, 5.74) is 0. The SMILES string of the molecule is CCC(=O)O[C@@H]1[C@@H](OC(=O)CC)C(=O)OC[C@@]1(OC(=O)CC)SC. The van der Waals surface area contributed by atoms with E-state index < -0.39 is 41.0 Å². The van der Waals surface area contributed by atoms with Crippen molar-refractivity contribution in [1.29, 1.82) is 0 Å². The number of thioether (sulfide) groups is 1. The van der Waals surface area contributed by atoms with E-state index in [1.807, 2.05) is 0 Å². The van der Waals surface area contributed by atoms with E-state index in [0.717, 1.165) is 11.8 Å². The number of esters is 4. The Balaban J connectivity index is 3.22. The van der Waals surface area contributed by atoms with Crippen molar-refractivity contribution in [2.24, 2.45) is 0 Å². The van der Waals surface area contributed by atoms with Gasteiger partial charge in [0.1, 0.15) is 6.61 Å². The Morgan fingerprint density at radius 3 is 2.12 bits per heavy atom. The third kappa shape index (κ3) is 4.62. The molecule has 0 saturated carbocycles. The van der Waals surface area contributed by atoms with Gasteiger partial charge in [-0.05, 0) is 6.26 Å². The Kier molecular flexibility index (Phi) is 7.53. The van der Waals surface area contributed by atoms with E-state index in [1.165, 1.54) is 0 Å². The van der Waals surface area contributed by atoms with Gasteiger partial charge in [-0.3, -0.25) is 14.4 Å². The number of cyclic esters (lactones) is 1. The summed E-state index contributed by atoms with van der Waals surface area (Å²) < 4.78 is 20.8. The highest BCUT2D eigenvalue weighted by molar-refractivity contribution is 7.99. The molecule has 1 fully saturated rings. The fraction of sp³-hybridized carbons (Fsp3) is 0.733. The highest BCUT2D eigenvalue weighted by Crippen LogP contribution is 2.38. The molecule has 9 heteroatoms. The summed E-state index contributed by atoms with van der Waals surface area (Å²) in [6, 6.07) is 0. The molecule has 136 valence electrons. The topological polar surface area (TPSA) is 105 Å². The molecule has 0 radical (unpaired) electrons. The van der Waals surface area contributed by atoms with Crippen molar-refractivity contribution >= 4 is 35.6 Å². The monoisotopic (exact) mass is 362 g/mol. The molecule has 0 spiro atoms. The first-order valence-corrected chi connectivity index (χ1v) is 8.88. The molecule has 1 heterocycles. The minimum atomic E-state index is -1.49. The number of rotatable bonds is 7. The first-order chi connectivity index (χ1) is 11.3. The van der Waals surface area contributed by atoms with Crippen molar-refractivity contribution in [1.82, 2.24) is 0 Å². The molecule has 0 aromatic rings. The van der Waals surface area contributed by atoms with Crippen LogP contribution in [0, 0.1) is 0 Å². The third-order valence-electron chi connectivity index (χ3n) is 3.37. The van der Waals surface area contributed by atoms with Crippen molar-refractivity contribution < 1.29 is 38.1 Å². The minimum absolute atomic E-state index is 0.0270. The Morgan fingerprint density at radius 2 is 1.62 bits per heavy atom. The average molecular weight is 362 g/mol. The molecule has 24 heavy (non-hydrogen) atoms. The number of hydrogen-bond acceptors (Lipinski definition) is 9. The highest BCUT2D eigenvalue weighted by Gasteiger charge is 2.58. The standard InChI is InChI=1S/C15H22O8S/c1-5-9(16)21-12-13(22-10(17)6-2)15(24-4,8-20-14(12)19)23-11(18)7-3/h12-13H,5-8H2,1-4H3/t12-,13-,15-/m1/s1. The highest BCUT2D eigenvalue weighted by atomic mass is 32.2. The molecule has 1 aliphatic heterocycles. The van der Waals surface area contributed by atoms with Gasteiger partial charge in [0.15, 0.2) is 0 Å². The van der Waals surface area contributed by atoms with E-state index in [2.05, 4.69) is 0 Å². The maximum absolute atomic E-state index is 12.0. The largest absolute Gasteiger partial charge is 0.457 e. The van der Waals surface area contributed by atoms with Crippen LogP contribution in [0.25, 0.3) is 0 Å². The molecule has 0 N–H and O–H groups in total. The van der Waals surface area contributed by atoms with Gasteiger partial charge in [0.05, 0.1) is 0 Å². The molecule has 0 bridgehead atoms. The van der Waals surface area contributed by atoms with E-state index in [4.69, 9.17) is 18.9 Å². The van der Waals surface area contributed by atoms with Gasteiger partial charge in [0.25, 0.3) is 0 Å². The first kappa shape index (κ1) is 20.3. The molecule has 1 aliphatic rings. The van der Waals surface area contributed by atoms with Crippen molar-refractivity contribution in [3.8, 4) is 0 Å². The lowest BCUT2D eigenvalue weighted by Crippen LogP contribution is -2.62. The Labute approximate surface area is 144 Å². The second-order valence-corrected chi connectivity index (χ2v) is 6.08. The second kappa shape index (κ2) is 8.91. The molecule has 1 saturated heterocycles. The van der Waals surface area contributed by atoms with Crippen LogP contribution < -0.4 is 0 Å². The van der Waals surface area contributed by atoms with Crippen LogP contribution in [0.3, 0.4) is 0 Å². The van der Waals surface area contributed by atoms with Crippen LogP contribution in [-0.4, -0.2) is 53.9 Å². The number of ether oxygens (including phenoxy) is 4. The van der Waals surface area contributed by atoms with Gasteiger partial charge < -0.3 is 18.9 Å². The fourth-order valence-corrected chi connectivity index (χ4v) is 2.73. The molecule has 0 aromatic heterocycles. The maximum Gasteiger partial charge on any atom is 0.351 e. The number of carbonyl (C=O) groups is 4. The number of carbonyl (C=O) groups excluding carboxylic acids is 4. The molecular formula is C15H22O8S. The zero-order valence-electron chi connectivity index (χ0n) is 14.2. The average Bonchev–Trinajstić information content (AvgIpc) is 2.59. The number of hydrogen-bond donors (Lipinski definition) is 0. The third-order valence-corrected chi connectivity index (χ3v) is 4.50. The summed E-state index contributed by atoms with van der Waals surface area (Å²) in [7, 11) is 0. The lowest BCUT2D eigenvalue weighted by atomic mass is 10.0. The van der Waals surface area contributed by atoms with Crippen LogP contribution in [-0.2, 0) is 38.1 Å². The summed E-state index contributed by atoms with van der Waals surface area (Å²) in [4.78, 5) is 45.8. The molecule has 0 amide bonds. The molecular weight excluding hydrogens is 340 g/mol. The minimum Gasteiger partial charge on any atom is -0.457 e. The van der Waals surface area contributed by atoms with Gasteiger partial charge >= 0.3 is 23.9 Å². The van der Waals surface area contributed by atoms with Gasteiger partial charge in [-0.2, -0.15) is 0 Å². The van der Waals surface area contributed by atoms with Crippen LogP contribution in [0.5, 0.6) is 0 Å². The van der Waals surface area contributed by atoms with E-state index in [0.29, 0.717) is 0 Å². The van der Waals surface area contributed by atoms with Gasteiger partial charge in [-0.25, -0.2) is 4.79 Å². The molecule has 3 atom stereocenters. The van der Waals surface area contributed by atoms with Crippen LogP contribution in [0.4, 0.5) is 0 Å². The van der Waals surface area contributed by atoms with Gasteiger partial charge in [-0.1, -0.05) is 20.8 Å². The molecule has 0 aromatic carbocycles. The van der Waals surface area contributed by atoms with E-state index in [1.54, 1.807) is 27.0 Å². The van der Waals surface area contributed by atoms with Crippen molar-refractivity contribution in [2.45, 2.75) is 57.2 Å². The maximum atomic E-state index is 12.0. The second-order valence-electron chi connectivity index (χ2n) is 4.98. The first-order valence-electron chi connectivity index (χ1n) is 7.66. The predicted octanol–water partition coefficient (Wildman–Crippen LogP) is 1.20. The summed E-state index contributed by atoms with van der Waals surface area (Å²) in [6.07, 6.45) is -0.991. The zero-order chi connectivity index (χ0) is 18.3. The quantitative estimate of drug-likeness (QED) is 0.375. The Hall–Kier alpha value is -1.77. The van der Waals surface area contributed by atoms with E-state index in [-0.39, 0.29) is 25.9 Å². The smallest absolute Gasteiger partial charge is 0.351 e. The lowest BCUT2D eigenvalue weighted by Gasteiger charge is -2.42. The van der Waals surface area contributed by atoms with Gasteiger partial charge in [-0.15, -0.1) is 11.8 Å². The van der Waals surface area contributed by atoms with Crippen LogP contribution >= 0.6 is 11.8 Å². The van der Waals surface area contributed by atoms with Crippen LogP contribution in [0.15, 0.2) is 0 Å². The lowest BCUT2D eigenvalue weighted by molar-refractivity contribution is -0.219. The summed E-state index contributed by atoms with van der Waals surface area (Å²) in [6.45, 7) is 4.44. The normalized spacial score (nSPS) is 26.2. The van der Waals surface area contributed by atoms with Crippen molar-refractivity contribution in [2.75, 3.05) is 12.9 Å². The van der Waals surface area contributed by atoms with Crippen LogP contribution in [0.1, 0.15) is 40.0 Å². The molecule has 0 unspecified atom stereocenters. The van der Waals surface area contributed by atoms with Crippen molar-refractivity contribution in [3.63, 3.8) is 0 Å². The van der Waals surface area contributed by atoms with E-state index >= 15 is 0 Å². The zero-order valence-corrected chi connectivity index (χ0v) is 15.0. The fourth-order valence-electron chi connectivity index (χ4n) is 1.97. The molecule has 8 nitrogen and oxygen atoms in total. The molecule has 1 rings (SSSR count). The van der Waals surface area contributed by atoms with E-state index in [9.17, 15) is 19.2 Å². The Morgan fingerprint density at radius 1 is 1.08 bits per heavy atom. The van der Waals surface area contributed by atoms with Crippen LogP contribution in [0.2, 0.25) is 0 Å². The van der Waals surface area contributed by atoms with Gasteiger partial charge in [0.2, 0.25) is 17.1 Å². The summed E-state index contributed by atoms with van der Waals surface area (Å²) >= 11 is 1.05. The predicted molar refractivity (Wildman–Crippen MR) is 83.9 cm³/mol. The molecule has 0 aliphatic carbocycles. The summed E-state index contributed by atoms with van der Waals surface area (Å²) in [5, 5.41) is 0. The van der Waals surface area contributed by atoms with Crippen molar-refractivity contribution in [3.05, 3.63) is 0 Å². The summed E-state index contributed by atoms with van der Waals surface area (Å²) in [5.74, 6) is -2.67. The van der Waals surface area contributed by atoms with Gasteiger partial charge in [0, 0.05) is 19.3 Å².